The van der Waals surface area contributed by atoms with Gasteiger partial charge in [0.25, 0.3) is 5.91 Å². The van der Waals surface area contributed by atoms with E-state index in [1.54, 1.807) is 23.3 Å². The molecule has 1 fully saturated rings. The number of rotatable bonds is 9. The van der Waals surface area contributed by atoms with Crippen LogP contribution < -0.4 is 15.5 Å². The van der Waals surface area contributed by atoms with Crippen LogP contribution in [0.15, 0.2) is 59.2 Å². The van der Waals surface area contributed by atoms with Crippen molar-refractivity contribution in [2.45, 2.75) is 57.9 Å². The van der Waals surface area contributed by atoms with E-state index in [9.17, 15) is 35.9 Å². The van der Waals surface area contributed by atoms with Crippen LogP contribution in [0, 0.1) is 0 Å². The van der Waals surface area contributed by atoms with Gasteiger partial charge in [-0.2, -0.15) is 26.3 Å². The second kappa shape index (κ2) is 13.4. The highest BCUT2D eigenvalue weighted by molar-refractivity contribution is 6.04. The Balaban J connectivity index is 1.63. The molecule has 4 rings (SSSR count). The predicted octanol–water partition coefficient (Wildman–Crippen LogP) is 8.39. The Morgan fingerprint density at radius 2 is 1.53 bits per heavy atom. The lowest BCUT2D eigenvalue weighted by molar-refractivity contribution is -0.143. The third-order valence-corrected chi connectivity index (χ3v) is 7.02. The summed E-state index contributed by atoms with van der Waals surface area (Å²) in [6.07, 6.45) is -4.13. The number of benzene rings is 2. The predicted molar refractivity (Wildman–Crippen MR) is 150 cm³/mol. The van der Waals surface area contributed by atoms with Gasteiger partial charge in [0.05, 0.1) is 35.2 Å². The minimum absolute atomic E-state index is 0.0205. The highest BCUT2D eigenvalue weighted by Gasteiger charge is 2.37. The van der Waals surface area contributed by atoms with Gasteiger partial charge >= 0.3 is 18.4 Å². The van der Waals surface area contributed by atoms with E-state index >= 15 is 0 Å². The molecule has 0 unspecified atom stereocenters. The maximum atomic E-state index is 13.7. The SMILES string of the molecule is CCCCN(Cc1ccco1)c1ccc(NC(=O)Nc2cc(C(F)(F)F)cc(C(F)(F)F)c2)cc1C(=O)N1CCCCC1. The van der Waals surface area contributed by atoms with E-state index < -0.39 is 35.2 Å². The second-order valence-corrected chi connectivity index (χ2v) is 10.3. The quantitative estimate of drug-likeness (QED) is 0.239. The number of hydrogen-bond donors (Lipinski definition) is 2. The lowest BCUT2D eigenvalue weighted by atomic mass is 10.1. The van der Waals surface area contributed by atoms with Crippen LogP contribution in [-0.2, 0) is 18.9 Å². The van der Waals surface area contributed by atoms with E-state index in [1.165, 1.54) is 12.1 Å². The number of halogens is 6. The molecule has 1 aliphatic rings. The third kappa shape index (κ3) is 8.45. The van der Waals surface area contributed by atoms with Crippen LogP contribution in [0.5, 0.6) is 0 Å². The number of nitrogens with zero attached hydrogens (tertiary/aromatic N) is 2. The highest BCUT2D eigenvalue weighted by Crippen LogP contribution is 2.37. The second-order valence-electron chi connectivity index (χ2n) is 10.3. The van der Waals surface area contributed by atoms with E-state index in [1.807, 2.05) is 17.9 Å². The summed E-state index contributed by atoms with van der Waals surface area (Å²) < 4.78 is 85.0. The number of nitrogens with one attached hydrogen (secondary N) is 2. The molecule has 0 aliphatic carbocycles. The van der Waals surface area contributed by atoms with Gasteiger partial charge in [-0.25, -0.2) is 4.79 Å². The lowest BCUT2D eigenvalue weighted by Crippen LogP contribution is -2.37. The van der Waals surface area contributed by atoms with Gasteiger partial charge in [0.1, 0.15) is 5.76 Å². The van der Waals surface area contributed by atoms with Gasteiger partial charge in [-0.05, 0) is 74.2 Å². The molecule has 0 bridgehead atoms. The molecule has 3 amide bonds. The summed E-state index contributed by atoms with van der Waals surface area (Å²) in [6.45, 7) is 4.18. The van der Waals surface area contributed by atoms with Crippen molar-refractivity contribution in [2.75, 3.05) is 35.2 Å². The van der Waals surface area contributed by atoms with Crippen LogP contribution in [-0.4, -0.2) is 36.5 Å². The monoisotopic (exact) mass is 610 g/mol. The number of carbonyl (C=O) groups is 2. The van der Waals surface area contributed by atoms with Gasteiger partial charge < -0.3 is 24.9 Å². The molecule has 2 aromatic carbocycles. The van der Waals surface area contributed by atoms with Crippen LogP contribution in [0.1, 0.15) is 66.3 Å². The Morgan fingerprint density at radius 1 is 0.884 bits per heavy atom. The fraction of sp³-hybridized carbons (Fsp3) is 0.400. The van der Waals surface area contributed by atoms with Gasteiger partial charge in [0.2, 0.25) is 0 Å². The number of urea groups is 1. The Hall–Kier alpha value is -4.16. The van der Waals surface area contributed by atoms with Crippen molar-refractivity contribution in [1.29, 1.82) is 0 Å². The Kier molecular flexibility index (Phi) is 9.92. The first-order valence-electron chi connectivity index (χ1n) is 13.9. The molecular formula is C30H32F6N4O3. The molecule has 2 heterocycles. The van der Waals surface area contributed by atoms with Crippen molar-refractivity contribution in [3.8, 4) is 0 Å². The molecule has 0 atom stereocenters. The number of hydrogen-bond acceptors (Lipinski definition) is 4. The molecule has 0 saturated carbocycles. The zero-order valence-electron chi connectivity index (χ0n) is 23.4. The van der Waals surface area contributed by atoms with Crippen molar-refractivity contribution in [2.24, 2.45) is 0 Å². The van der Waals surface area contributed by atoms with Crippen molar-refractivity contribution in [3.05, 3.63) is 77.2 Å². The van der Waals surface area contributed by atoms with Gasteiger partial charge in [0, 0.05) is 31.0 Å². The minimum atomic E-state index is -5.06. The fourth-order valence-corrected chi connectivity index (χ4v) is 4.87. The number of piperidine rings is 1. The van der Waals surface area contributed by atoms with Gasteiger partial charge in [0.15, 0.2) is 0 Å². The van der Waals surface area contributed by atoms with E-state index in [0.717, 1.165) is 32.1 Å². The molecule has 0 radical (unpaired) electrons. The Labute approximate surface area is 244 Å². The van der Waals surface area contributed by atoms with Crippen LogP contribution in [0.2, 0.25) is 0 Å². The number of anilines is 3. The molecule has 1 aliphatic heterocycles. The Morgan fingerprint density at radius 3 is 2.12 bits per heavy atom. The van der Waals surface area contributed by atoms with E-state index in [4.69, 9.17) is 4.42 Å². The number of furan rings is 1. The summed E-state index contributed by atoms with van der Waals surface area (Å²) in [6, 6.07) is 7.99. The summed E-state index contributed by atoms with van der Waals surface area (Å²) in [4.78, 5) is 30.2. The summed E-state index contributed by atoms with van der Waals surface area (Å²) in [5.41, 5.74) is -2.75. The largest absolute Gasteiger partial charge is 0.467 e. The number of amides is 3. The van der Waals surface area contributed by atoms with E-state index in [0.29, 0.717) is 55.3 Å². The van der Waals surface area contributed by atoms with Crippen LogP contribution in [0.4, 0.5) is 48.2 Å². The topological polar surface area (TPSA) is 77.8 Å². The van der Waals surface area contributed by atoms with Crippen LogP contribution >= 0.6 is 0 Å². The standard InChI is InChI=1S/C30H32F6N4O3/c1-2-3-11-40(19-24-8-7-14-43-24)26-10-9-22(18-25(26)27(41)39-12-5-4-6-13-39)37-28(42)38-23-16-20(29(31,32)33)15-21(17-23)30(34,35)36/h7-10,14-18H,2-6,11-13,19H2,1H3,(H2,37,38,42). The molecule has 232 valence electrons. The molecule has 0 spiro atoms. The maximum absolute atomic E-state index is 13.7. The zero-order chi connectivity index (χ0) is 31.2. The first-order chi connectivity index (χ1) is 20.3. The van der Waals surface area contributed by atoms with Crippen molar-refractivity contribution in [1.82, 2.24) is 4.90 Å². The minimum Gasteiger partial charge on any atom is -0.467 e. The smallest absolute Gasteiger partial charge is 0.416 e. The summed E-state index contributed by atoms with van der Waals surface area (Å²) in [7, 11) is 0. The first-order valence-corrected chi connectivity index (χ1v) is 13.9. The maximum Gasteiger partial charge on any atom is 0.416 e. The molecular weight excluding hydrogens is 578 g/mol. The highest BCUT2D eigenvalue weighted by atomic mass is 19.4. The molecule has 13 heteroatoms. The summed E-state index contributed by atoms with van der Waals surface area (Å²) >= 11 is 0. The van der Waals surface area contributed by atoms with Gasteiger partial charge in [-0.3, -0.25) is 4.79 Å². The molecule has 2 N–H and O–H groups in total. The average Bonchev–Trinajstić information content (AvgIpc) is 3.47. The summed E-state index contributed by atoms with van der Waals surface area (Å²) in [5, 5.41) is 4.49. The Bertz CT molecular complexity index is 1370. The van der Waals surface area contributed by atoms with Crippen LogP contribution in [0.25, 0.3) is 0 Å². The zero-order valence-corrected chi connectivity index (χ0v) is 23.4. The molecule has 1 saturated heterocycles. The number of unbranched alkanes of at least 4 members (excludes halogenated alkanes) is 1. The molecule has 7 nitrogen and oxygen atoms in total. The summed E-state index contributed by atoms with van der Waals surface area (Å²) in [5.74, 6) is 0.445. The van der Waals surface area contributed by atoms with Crippen molar-refractivity contribution >= 4 is 29.0 Å². The van der Waals surface area contributed by atoms with Crippen molar-refractivity contribution in [3.63, 3.8) is 0 Å². The van der Waals surface area contributed by atoms with Crippen LogP contribution in [0.3, 0.4) is 0 Å². The third-order valence-electron chi connectivity index (χ3n) is 7.02. The first kappa shape index (κ1) is 31.8. The normalized spacial score (nSPS) is 14.0. The van der Waals surface area contributed by atoms with E-state index in [-0.39, 0.29) is 17.7 Å². The number of likely N-dealkylation sites (tertiary alicyclic amines) is 1. The lowest BCUT2D eigenvalue weighted by Gasteiger charge is -2.31. The van der Waals surface area contributed by atoms with Gasteiger partial charge in [-0.1, -0.05) is 13.3 Å². The van der Waals surface area contributed by atoms with E-state index in [2.05, 4.69) is 10.6 Å². The molecule has 1 aromatic heterocycles. The molecule has 43 heavy (non-hydrogen) atoms. The van der Waals surface area contributed by atoms with Gasteiger partial charge in [-0.15, -0.1) is 0 Å². The average molecular weight is 611 g/mol. The van der Waals surface area contributed by atoms with Crippen molar-refractivity contribution < 1.29 is 40.3 Å². The number of alkyl halides is 6. The molecule has 3 aromatic rings. The number of carbonyl (C=O) groups excluding carboxylic acids is 2. The fourth-order valence-electron chi connectivity index (χ4n) is 4.87.